The molecule has 0 amide bonds. The summed E-state index contributed by atoms with van der Waals surface area (Å²) in [5.74, 6) is 2.70. The van der Waals surface area contributed by atoms with Crippen molar-refractivity contribution in [3.05, 3.63) is 18.1 Å². The van der Waals surface area contributed by atoms with Gasteiger partial charge >= 0.3 is 0 Å². The van der Waals surface area contributed by atoms with E-state index >= 15 is 0 Å². The number of nitrogen functional groups attached to an aromatic ring is 1. The van der Waals surface area contributed by atoms with Gasteiger partial charge in [0.05, 0.1) is 17.6 Å². The summed E-state index contributed by atoms with van der Waals surface area (Å²) in [6.45, 7) is -0.410. The van der Waals surface area contributed by atoms with Gasteiger partial charge in [0, 0.05) is 6.20 Å². The Kier molecular flexibility index (Phi) is 3.27. The number of nitrogens with zero attached hydrogens (tertiary/aromatic N) is 3. The van der Waals surface area contributed by atoms with E-state index in [0.717, 1.165) is 0 Å². The number of nitrogens with two attached hydrogens (primary N) is 1. The van der Waals surface area contributed by atoms with E-state index in [1.165, 1.54) is 10.9 Å². The van der Waals surface area contributed by atoms with Crippen molar-refractivity contribution in [1.82, 2.24) is 14.5 Å². The number of aromatic nitrogens is 3. The molecule has 3 rings (SSSR count). The van der Waals surface area contributed by atoms with Crippen LogP contribution in [0.1, 0.15) is 11.8 Å². The SMILES string of the molecule is C#Cc1cn([C@@H]2O[C@H](CO)[C@@H](O)[C@H]2O)c2ncnc(N)c12. The zero-order chi connectivity index (χ0) is 15.1. The van der Waals surface area contributed by atoms with Crippen LogP contribution < -0.4 is 5.73 Å². The number of fused-ring (bicyclic) bond motifs is 1. The summed E-state index contributed by atoms with van der Waals surface area (Å²) in [4.78, 5) is 7.99. The van der Waals surface area contributed by atoms with Gasteiger partial charge in [0.1, 0.15) is 36.1 Å². The summed E-state index contributed by atoms with van der Waals surface area (Å²) in [5, 5.41) is 29.6. The van der Waals surface area contributed by atoms with E-state index in [1.807, 2.05) is 0 Å². The van der Waals surface area contributed by atoms with E-state index in [2.05, 4.69) is 15.9 Å². The average Bonchev–Trinajstić information content (AvgIpc) is 2.99. The molecule has 0 aromatic carbocycles. The Morgan fingerprint density at radius 3 is 2.76 bits per heavy atom. The smallest absolute Gasteiger partial charge is 0.164 e. The highest BCUT2D eigenvalue weighted by Gasteiger charge is 2.44. The summed E-state index contributed by atoms with van der Waals surface area (Å²) in [6, 6.07) is 0. The first-order valence-corrected chi connectivity index (χ1v) is 6.28. The summed E-state index contributed by atoms with van der Waals surface area (Å²) in [6.07, 6.45) is 4.05. The fourth-order valence-corrected chi connectivity index (χ4v) is 2.52. The number of terminal acetylenes is 1. The Labute approximate surface area is 119 Å². The van der Waals surface area contributed by atoms with Gasteiger partial charge < -0.3 is 30.4 Å². The molecule has 1 aliphatic heterocycles. The lowest BCUT2D eigenvalue weighted by Gasteiger charge is -2.17. The highest BCUT2D eigenvalue weighted by Crippen LogP contribution is 2.34. The van der Waals surface area contributed by atoms with Gasteiger partial charge in [-0.2, -0.15) is 0 Å². The van der Waals surface area contributed by atoms with Crippen LogP contribution in [0.3, 0.4) is 0 Å². The minimum Gasteiger partial charge on any atom is -0.394 e. The molecular weight excluding hydrogens is 276 g/mol. The monoisotopic (exact) mass is 290 g/mol. The van der Waals surface area contributed by atoms with Crippen molar-refractivity contribution in [2.24, 2.45) is 0 Å². The van der Waals surface area contributed by atoms with Crippen molar-refractivity contribution >= 4 is 16.9 Å². The number of rotatable bonds is 2. The maximum atomic E-state index is 10.1. The van der Waals surface area contributed by atoms with Crippen LogP contribution in [-0.4, -0.2) is 54.8 Å². The highest BCUT2D eigenvalue weighted by atomic mass is 16.6. The number of anilines is 1. The minimum atomic E-state index is -1.22. The molecule has 4 atom stereocenters. The van der Waals surface area contributed by atoms with Crippen LogP contribution in [0.2, 0.25) is 0 Å². The molecule has 21 heavy (non-hydrogen) atoms. The van der Waals surface area contributed by atoms with Gasteiger partial charge in [-0.05, 0) is 0 Å². The molecular formula is C13H14N4O4. The normalized spacial score (nSPS) is 28.9. The van der Waals surface area contributed by atoms with E-state index in [4.69, 9.17) is 22.0 Å². The van der Waals surface area contributed by atoms with Crippen LogP contribution in [0.5, 0.6) is 0 Å². The van der Waals surface area contributed by atoms with Crippen LogP contribution in [0.15, 0.2) is 12.5 Å². The molecule has 2 aromatic rings. The van der Waals surface area contributed by atoms with E-state index in [9.17, 15) is 10.2 Å². The van der Waals surface area contributed by atoms with Crippen molar-refractivity contribution < 1.29 is 20.1 Å². The van der Waals surface area contributed by atoms with E-state index in [0.29, 0.717) is 16.6 Å². The predicted octanol–water partition coefficient (Wildman–Crippen LogP) is -1.39. The van der Waals surface area contributed by atoms with Gasteiger partial charge in [-0.25, -0.2) is 9.97 Å². The molecule has 0 aliphatic carbocycles. The van der Waals surface area contributed by atoms with Crippen molar-refractivity contribution in [2.75, 3.05) is 12.3 Å². The third-order valence-corrected chi connectivity index (χ3v) is 3.59. The molecule has 3 heterocycles. The molecule has 1 saturated heterocycles. The fraction of sp³-hybridized carbons (Fsp3) is 0.385. The maximum absolute atomic E-state index is 10.1. The number of ether oxygens (including phenoxy) is 1. The van der Waals surface area contributed by atoms with Crippen molar-refractivity contribution in [1.29, 1.82) is 0 Å². The lowest BCUT2D eigenvalue weighted by molar-refractivity contribution is -0.0508. The topological polar surface area (TPSA) is 127 Å². The molecule has 1 fully saturated rings. The third kappa shape index (κ3) is 1.95. The number of hydrogen-bond acceptors (Lipinski definition) is 7. The average molecular weight is 290 g/mol. The summed E-state index contributed by atoms with van der Waals surface area (Å²) in [5.41, 5.74) is 6.66. The second-order valence-corrected chi connectivity index (χ2v) is 4.78. The molecule has 110 valence electrons. The maximum Gasteiger partial charge on any atom is 0.164 e. The van der Waals surface area contributed by atoms with E-state index < -0.39 is 31.1 Å². The second-order valence-electron chi connectivity index (χ2n) is 4.78. The highest BCUT2D eigenvalue weighted by molar-refractivity contribution is 5.92. The Morgan fingerprint density at radius 1 is 1.38 bits per heavy atom. The molecule has 2 aromatic heterocycles. The van der Waals surface area contributed by atoms with Crippen molar-refractivity contribution in [2.45, 2.75) is 24.5 Å². The summed E-state index contributed by atoms with van der Waals surface area (Å²) < 4.78 is 6.96. The minimum absolute atomic E-state index is 0.221. The van der Waals surface area contributed by atoms with E-state index in [-0.39, 0.29) is 5.82 Å². The second kappa shape index (κ2) is 4.98. The quantitative estimate of drug-likeness (QED) is 0.501. The first-order valence-electron chi connectivity index (χ1n) is 6.28. The number of aliphatic hydroxyl groups is 3. The summed E-state index contributed by atoms with van der Waals surface area (Å²) >= 11 is 0. The Morgan fingerprint density at radius 2 is 2.14 bits per heavy atom. The lowest BCUT2D eigenvalue weighted by atomic mass is 10.1. The van der Waals surface area contributed by atoms with E-state index in [1.54, 1.807) is 6.20 Å². The first kappa shape index (κ1) is 13.8. The number of aliphatic hydroxyl groups excluding tert-OH is 3. The van der Waals surface area contributed by atoms with Crippen molar-refractivity contribution in [3.8, 4) is 12.3 Å². The van der Waals surface area contributed by atoms with Gasteiger partial charge in [0.15, 0.2) is 6.23 Å². The van der Waals surface area contributed by atoms with Crippen LogP contribution in [0.4, 0.5) is 5.82 Å². The number of hydrogen-bond donors (Lipinski definition) is 4. The molecule has 0 saturated carbocycles. The van der Waals surface area contributed by atoms with Crippen LogP contribution in [0, 0.1) is 12.3 Å². The Hall–Kier alpha value is -2.18. The third-order valence-electron chi connectivity index (χ3n) is 3.59. The molecule has 8 nitrogen and oxygen atoms in total. The standard InChI is InChI=1S/C13H14N4O4/c1-2-6-3-17(12-8(6)11(14)15-5-16-12)13-10(20)9(19)7(4-18)21-13/h1,3,5,7,9-10,13,18-20H,4H2,(H2,14,15,16)/t7-,9-,10-,13-/m1/s1. The predicted molar refractivity (Wildman–Crippen MR) is 72.9 cm³/mol. The van der Waals surface area contributed by atoms with Crippen LogP contribution in [-0.2, 0) is 4.74 Å². The Bertz CT molecular complexity index is 723. The molecule has 0 spiro atoms. The van der Waals surface area contributed by atoms with Crippen LogP contribution in [0.25, 0.3) is 11.0 Å². The van der Waals surface area contributed by atoms with Crippen LogP contribution >= 0.6 is 0 Å². The van der Waals surface area contributed by atoms with Gasteiger partial charge in [-0.15, -0.1) is 6.42 Å². The largest absolute Gasteiger partial charge is 0.394 e. The Balaban J connectivity index is 2.14. The zero-order valence-corrected chi connectivity index (χ0v) is 10.9. The van der Waals surface area contributed by atoms with Gasteiger partial charge in [0.2, 0.25) is 0 Å². The molecule has 1 aliphatic rings. The molecule has 8 heteroatoms. The van der Waals surface area contributed by atoms with Gasteiger partial charge in [-0.3, -0.25) is 0 Å². The van der Waals surface area contributed by atoms with Crippen molar-refractivity contribution in [3.63, 3.8) is 0 Å². The molecule has 0 bridgehead atoms. The molecule has 0 unspecified atom stereocenters. The zero-order valence-electron chi connectivity index (χ0n) is 10.9. The fourth-order valence-electron chi connectivity index (χ4n) is 2.52. The molecule has 5 N–H and O–H groups in total. The summed E-state index contributed by atoms with van der Waals surface area (Å²) in [7, 11) is 0. The first-order chi connectivity index (χ1) is 10.1. The lowest BCUT2D eigenvalue weighted by Crippen LogP contribution is -2.33. The van der Waals surface area contributed by atoms with Gasteiger partial charge in [-0.1, -0.05) is 5.92 Å². The molecule has 0 radical (unpaired) electrons. The van der Waals surface area contributed by atoms with Gasteiger partial charge in [0.25, 0.3) is 0 Å².